The third-order valence-corrected chi connectivity index (χ3v) is 3.84. The SMILES string of the molecule is CCOC(=O)c1ccc(-c2nc3ccccc3n(CC)c2=O)cc1. The van der Waals surface area contributed by atoms with Gasteiger partial charge in [-0.15, -0.1) is 0 Å². The van der Waals surface area contributed by atoms with Gasteiger partial charge in [0.1, 0.15) is 5.69 Å². The number of carbonyl (C=O) groups is 1. The van der Waals surface area contributed by atoms with E-state index in [0.29, 0.717) is 30.0 Å². The lowest BCUT2D eigenvalue weighted by Crippen LogP contribution is -2.22. The summed E-state index contributed by atoms with van der Waals surface area (Å²) < 4.78 is 6.68. The fraction of sp³-hybridized carbons (Fsp3) is 0.211. The second-order valence-electron chi connectivity index (χ2n) is 5.30. The second-order valence-corrected chi connectivity index (χ2v) is 5.30. The molecule has 0 aliphatic rings. The molecule has 0 aliphatic carbocycles. The van der Waals surface area contributed by atoms with Crippen LogP contribution in [0, 0.1) is 0 Å². The first kappa shape index (κ1) is 15.9. The largest absolute Gasteiger partial charge is 0.462 e. The fourth-order valence-corrected chi connectivity index (χ4v) is 2.67. The smallest absolute Gasteiger partial charge is 0.338 e. The van der Waals surface area contributed by atoms with Crippen LogP contribution in [0.5, 0.6) is 0 Å². The minimum atomic E-state index is -0.374. The molecule has 0 amide bonds. The topological polar surface area (TPSA) is 61.2 Å². The zero-order chi connectivity index (χ0) is 17.1. The monoisotopic (exact) mass is 322 g/mol. The van der Waals surface area contributed by atoms with Crippen LogP contribution in [0.25, 0.3) is 22.3 Å². The molecule has 0 saturated carbocycles. The van der Waals surface area contributed by atoms with Gasteiger partial charge in [-0.25, -0.2) is 9.78 Å². The molecule has 0 radical (unpaired) electrons. The number of hydrogen-bond donors (Lipinski definition) is 0. The second kappa shape index (κ2) is 6.66. The van der Waals surface area contributed by atoms with Gasteiger partial charge in [0, 0.05) is 12.1 Å². The molecule has 0 N–H and O–H groups in total. The summed E-state index contributed by atoms with van der Waals surface area (Å²) in [6.07, 6.45) is 0. The summed E-state index contributed by atoms with van der Waals surface area (Å²) in [7, 11) is 0. The third kappa shape index (κ3) is 2.80. The number of benzene rings is 2. The van der Waals surface area contributed by atoms with Crippen molar-refractivity contribution in [1.29, 1.82) is 0 Å². The summed E-state index contributed by atoms with van der Waals surface area (Å²) in [6.45, 7) is 4.59. The predicted molar refractivity (Wildman–Crippen MR) is 93.1 cm³/mol. The van der Waals surface area contributed by atoms with Crippen LogP contribution in [0.3, 0.4) is 0 Å². The van der Waals surface area contributed by atoms with Crippen LogP contribution in [0.1, 0.15) is 24.2 Å². The molecular weight excluding hydrogens is 304 g/mol. The first-order valence-electron chi connectivity index (χ1n) is 7.92. The van der Waals surface area contributed by atoms with E-state index in [1.54, 1.807) is 35.8 Å². The molecule has 122 valence electrons. The molecule has 0 aliphatic heterocycles. The van der Waals surface area contributed by atoms with E-state index in [1.165, 1.54) is 0 Å². The maximum absolute atomic E-state index is 12.7. The number of aromatic nitrogens is 2. The zero-order valence-electron chi connectivity index (χ0n) is 13.7. The molecule has 0 bridgehead atoms. The number of aryl methyl sites for hydroxylation is 1. The summed E-state index contributed by atoms with van der Waals surface area (Å²) in [5.41, 5.74) is 2.96. The van der Waals surface area contributed by atoms with Gasteiger partial charge in [0.15, 0.2) is 0 Å². The number of hydrogen-bond acceptors (Lipinski definition) is 4. The molecule has 5 nitrogen and oxygen atoms in total. The van der Waals surface area contributed by atoms with Crippen LogP contribution in [0.2, 0.25) is 0 Å². The summed E-state index contributed by atoms with van der Waals surface area (Å²) >= 11 is 0. The summed E-state index contributed by atoms with van der Waals surface area (Å²) in [6, 6.07) is 14.3. The Hall–Kier alpha value is -2.95. The number of ether oxygens (including phenoxy) is 1. The number of esters is 1. The molecule has 3 rings (SSSR count). The van der Waals surface area contributed by atoms with Crippen LogP contribution in [0.4, 0.5) is 0 Å². The highest BCUT2D eigenvalue weighted by molar-refractivity contribution is 5.90. The normalized spacial score (nSPS) is 10.8. The molecular formula is C19H18N2O3. The Kier molecular flexibility index (Phi) is 4.42. The molecule has 5 heteroatoms. The number of para-hydroxylation sites is 2. The van der Waals surface area contributed by atoms with Gasteiger partial charge in [-0.1, -0.05) is 24.3 Å². The van der Waals surface area contributed by atoms with Gasteiger partial charge in [0.2, 0.25) is 0 Å². The number of fused-ring (bicyclic) bond motifs is 1. The van der Waals surface area contributed by atoms with Crippen LogP contribution in [-0.2, 0) is 11.3 Å². The van der Waals surface area contributed by atoms with Crippen LogP contribution in [-0.4, -0.2) is 22.1 Å². The van der Waals surface area contributed by atoms with Crippen molar-refractivity contribution in [2.24, 2.45) is 0 Å². The highest BCUT2D eigenvalue weighted by atomic mass is 16.5. The van der Waals surface area contributed by atoms with Gasteiger partial charge in [-0.3, -0.25) is 4.79 Å². The van der Waals surface area contributed by atoms with Crippen LogP contribution in [0.15, 0.2) is 53.3 Å². The Balaban J connectivity index is 2.11. The Labute approximate surface area is 139 Å². The first-order chi connectivity index (χ1) is 11.7. The summed E-state index contributed by atoms with van der Waals surface area (Å²) in [5.74, 6) is -0.374. The first-order valence-corrected chi connectivity index (χ1v) is 7.92. The van der Waals surface area contributed by atoms with E-state index in [-0.39, 0.29) is 11.5 Å². The van der Waals surface area contributed by atoms with Gasteiger partial charge in [0.05, 0.1) is 23.2 Å². The molecule has 1 heterocycles. The van der Waals surface area contributed by atoms with Crippen molar-refractivity contribution in [3.05, 3.63) is 64.4 Å². The van der Waals surface area contributed by atoms with E-state index in [2.05, 4.69) is 4.98 Å². The van der Waals surface area contributed by atoms with Gasteiger partial charge in [0.25, 0.3) is 5.56 Å². The van der Waals surface area contributed by atoms with Crippen LogP contribution < -0.4 is 5.56 Å². The highest BCUT2D eigenvalue weighted by Gasteiger charge is 2.13. The maximum atomic E-state index is 12.7. The average Bonchev–Trinajstić information content (AvgIpc) is 2.61. The Bertz CT molecular complexity index is 943. The lowest BCUT2D eigenvalue weighted by Gasteiger charge is -2.10. The number of rotatable bonds is 4. The van der Waals surface area contributed by atoms with E-state index in [1.807, 2.05) is 31.2 Å². The highest BCUT2D eigenvalue weighted by Crippen LogP contribution is 2.18. The van der Waals surface area contributed by atoms with E-state index in [4.69, 9.17) is 4.74 Å². The lowest BCUT2D eigenvalue weighted by molar-refractivity contribution is 0.0526. The minimum absolute atomic E-state index is 0.139. The summed E-state index contributed by atoms with van der Waals surface area (Å²) in [4.78, 5) is 29.0. The molecule has 3 aromatic rings. The molecule has 24 heavy (non-hydrogen) atoms. The van der Waals surface area contributed by atoms with Crippen molar-refractivity contribution in [3.63, 3.8) is 0 Å². The minimum Gasteiger partial charge on any atom is -0.462 e. The van der Waals surface area contributed by atoms with Crippen molar-refractivity contribution in [1.82, 2.24) is 9.55 Å². The van der Waals surface area contributed by atoms with Crippen LogP contribution >= 0.6 is 0 Å². The van der Waals surface area contributed by atoms with Gasteiger partial charge >= 0.3 is 5.97 Å². The molecule has 0 fully saturated rings. The van der Waals surface area contributed by atoms with Crippen molar-refractivity contribution in [3.8, 4) is 11.3 Å². The fourth-order valence-electron chi connectivity index (χ4n) is 2.67. The Morgan fingerprint density at radius 3 is 2.46 bits per heavy atom. The average molecular weight is 322 g/mol. The maximum Gasteiger partial charge on any atom is 0.338 e. The van der Waals surface area contributed by atoms with E-state index in [0.717, 1.165) is 11.0 Å². The Morgan fingerprint density at radius 2 is 1.79 bits per heavy atom. The standard InChI is InChI=1S/C19H18N2O3/c1-3-21-16-8-6-5-7-15(16)20-17(18(21)22)13-9-11-14(12-10-13)19(23)24-4-2/h5-12H,3-4H2,1-2H3. The third-order valence-electron chi connectivity index (χ3n) is 3.84. The van der Waals surface area contributed by atoms with Gasteiger partial charge < -0.3 is 9.30 Å². The molecule has 0 spiro atoms. The number of carbonyl (C=O) groups excluding carboxylic acids is 1. The quantitative estimate of drug-likeness (QED) is 0.692. The van der Waals surface area contributed by atoms with Crippen molar-refractivity contribution in [2.75, 3.05) is 6.61 Å². The van der Waals surface area contributed by atoms with Crippen molar-refractivity contribution < 1.29 is 9.53 Å². The molecule has 0 atom stereocenters. The number of nitrogens with zero attached hydrogens (tertiary/aromatic N) is 2. The van der Waals surface area contributed by atoms with Gasteiger partial charge in [-0.2, -0.15) is 0 Å². The van der Waals surface area contributed by atoms with E-state index < -0.39 is 0 Å². The van der Waals surface area contributed by atoms with Crippen molar-refractivity contribution in [2.45, 2.75) is 20.4 Å². The molecule has 0 saturated heterocycles. The van der Waals surface area contributed by atoms with Gasteiger partial charge in [-0.05, 0) is 38.1 Å². The Morgan fingerprint density at radius 1 is 1.08 bits per heavy atom. The molecule has 0 unspecified atom stereocenters. The lowest BCUT2D eigenvalue weighted by atomic mass is 10.1. The van der Waals surface area contributed by atoms with Crippen molar-refractivity contribution >= 4 is 17.0 Å². The van der Waals surface area contributed by atoms with E-state index >= 15 is 0 Å². The molecule has 2 aromatic carbocycles. The summed E-state index contributed by atoms with van der Waals surface area (Å²) in [5, 5.41) is 0. The zero-order valence-corrected chi connectivity index (χ0v) is 13.7. The predicted octanol–water partition coefficient (Wildman–Crippen LogP) is 3.26. The molecule has 1 aromatic heterocycles. The van der Waals surface area contributed by atoms with E-state index in [9.17, 15) is 9.59 Å².